The largest absolute Gasteiger partial charge is 0.387 e. The van der Waals surface area contributed by atoms with Crippen molar-refractivity contribution in [2.75, 3.05) is 6.54 Å². The highest BCUT2D eigenvalue weighted by atomic mass is 32.2. The molecular weight excluding hydrogens is 278 g/mol. The zero-order valence-electron chi connectivity index (χ0n) is 13.6. The fraction of sp³-hybridized carbons (Fsp3) is 0.667. The number of aliphatic hydroxyl groups is 1. The Kier molecular flexibility index (Phi) is 6.59. The third-order valence-electron chi connectivity index (χ3n) is 4.15. The molecule has 118 valence electrons. The maximum Gasteiger partial charge on any atom is 0.0914 e. The van der Waals surface area contributed by atoms with Crippen molar-refractivity contribution in [3.05, 3.63) is 29.3 Å². The summed E-state index contributed by atoms with van der Waals surface area (Å²) in [6.07, 6.45) is 6.14. The fourth-order valence-electron chi connectivity index (χ4n) is 2.97. The SMILES string of the molecule is Cc1cc(C(O)CNC2CCCCC2)ccc1SC(C)C. The molecule has 2 rings (SSSR count). The molecule has 1 aliphatic rings. The van der Waals surface area contributed by atoms with Gasteiger partial charge in [-0.15, -0.1) is 11.8 Å². The van der Waals surface area contributed by atoms with E-state index in [9.17, 15) is 5.11 Å². The number of aliphatic hydroxyl groups excluding tert-OH is 1. The Morgan fingerprint density at radius 1 is 1.24 bits per heavy atom. The van der Waals surface area contributed by atoms with Crippen LogP contribution in [0.5, 0.6) is 0 Å². The van der Waals surface area contributed by atoms with Crippen LogP contribution in [-0.2, 0) is 0 Å². The monoisotopic (exact) mass is 307 g/mol. The van der Waals surface area contributed by atoms with E-state index in [0.717, 1.165) is 5.56 Å². The molecule has 21 heavy (non-hydrogen) atoms. The van der Waals surface area contributed by atoms with Gasteiger partial charge in [0.1, 0.15) is 0 Å². The predicted molar refractivity (Wildman–Crippen MR) is 92.0 cm³/mol. The van der Waals surface area contributed by atoms with E-state index in [1.54, 1.807) is 0 Å². The van der Waals surface area contributed by atoms with Crippen LogP contribution in [0, 0.1) is 6.92 Å². The molecule has 0 radical (unpaired) electrons. The van der Waals surface area contributed by atoms with Crippen molar-refractivity contribution in [1.29, 1.82) is 0 Å². The van der Waals surface area contributed by atoms with E-state index >= 15 is 0 Å². The summed E-state index contributed by atoms with van der Waals surface area (Å²) < 4.78 is 0. The number of benzene rings is 1. The Balaban J connectivity index is 1.89. The van der Waals surface area contributed by atoms with Gasteiger partial charge in [0.15, 0.2) is 0 Å². The highest BCUT2D eigenvalue weighted by Gasteiger charge is 2.15. The smallest absolute Gasteiger partial charge is 0.0914 e. The molecule has 3 heteroatoms. The van der Waals surface area contributed by atoms with Gasteiger partial charge in [-0.3, -0.25) is 0 Å². The van der Waals surface area contributed by atoms with Crippen LogP contribution in [0.25, 0.3) is 0 Å². The molecule has 0 amide bonds. The summed E-state index contributed by atoms with van der Waals surface area (Å²) >= 11 is 1.88. The number of nitrogens with one attached hydrogen (secondary N) is 1. The third kappa shape index (κ3) is 5.32. The summed E-state index contributed by atoms with van der Waals surface area (Å²) in [5, 5.41) is 14.5. The van der Waals surface area contributed by atoms with Crippen LogP contribution in [0.4, 0.5) is 0 Å². The first-order chi connectivity index (χ1) is 10.1. The lowest BCUT2D eigenvalue weighted by Crippen LogP contribution is -2.34. The van der Waals surface area contributed by atoms with Crippen LogP contribution >= 0.6 is 11.8 Å². The molecule has 0 heterocycles. The van der Waals surface area contributed by atoms with Gasteiger partial charge in [0.05, 0.1) is 6.10 Å². The molecule has 0 saturated heterocycles. The van der Waals surface area contributed by atoms with E-state index in [-0.39, 0.29) is 0 Å². The van der Waals surface area contributed by atoms with Crippen LogP contribution in [-0.4, -0.2) is 22.9 Å². The van der Waals surface area contributed by atoms with Crippen LogP contribution in [0.3, 0.4) is 0 Å². The molecular formula is C18H29NOS. The average molecular weight is 308 g/mol. The van der Waals surface area contributed by atoms with Crippen molar-refractivity contribution in [3.63, 3.8) is 0 Å². The first-order valence-electron chi connectivity index (χ1n) is 8.25. The van der Waals surface area contributed by atoms with E-state index in [2.05, 4.69) is 44.3 Å². The summed E-state index contributed by atoms with van der Waals surface area (Å²) in [7, 11) is 0. The second-order valence-corrected chi connectivity index (χ2v) is 8.07. The Labute approximate surface area is 133 Å². The highest BCUT2D eigenvalue weighted by molar-refractivity contribution is 8.00. The molecule has 0 bridgehead atoms. The van der Waals surface area contributed by atoms with Crippen molar-refractivity contribution < 1.29 is 5.11 Å². The Morgan fingerprint density at radius 3 is 2.57 bits per heavy atom. The zero-order valence-corrected chi connectivity index (χ0v) is 14.4. The Hall–Kier alpha value is -0.510. The van der Waals surface area contributed by atoms with Gasteiger partial charge in [0, 0.05) is 22.7 Å². The normalized spacial score (nSPS) is 18.1. The van der Waals surface area contributed by atoms with Crippen molar-refractivity contribution >= 4 is 11.8 Å². The quantitative estimate of drug-likeness (QED) is 0.762. The van der Waals surface area contributed by atoms with Crippen molar-refractivity contribution in [1.82, 2.24) is 5.32 Å². The molecule has 2 nitrogen and oxygen atoms in total. The Bertz CT molecular complexity index is 441. The van der Waals surface area contributed by atoms with Gasteiger partial charge in [-0.2, -0.15) is 0 Å². The van der Waals surface area contributed by atoms with Crippen LogP contribution in [0.15, 0.2) is 23.1 Å². The minimum atomic E-state index is -0.399. The summed E-state index contributed by atoms with van der Waals surface area (Å²) in [5.74, 6) is 0. The molecule has 1 atom stereocenters. The lowest BCUT2D eigenvalue weighted by atomic mass is 9.95. The second kappa shape index (κ2) is 8.21. The molecule has 1 saturated carbocycles. The first-order valence-corrected chi connectivity index (χ1v) is 9.13. The Morgan fingerprint density at radius 2 is 1.95 bits per heavy atom. The molecule has 1 aromatic carbocycles. The highest BCUT2D eigenvalue weighted by Crippen LogP contribution is 2.28. The third-order valence-corrected chi connectivity index (χ3v) is 5.33. The van der Waals surface area contributed by atoms with Gasteiger partial charge < -0.3 is 10.4 Å². The molecule has 1 aliphatic carbocycles. The van der Waals surface area contributed by atoms with E-state index in [4.69, 9.17) is 0 Å². The van der Waals surface area contributed by atoms with Crippen molar-refractivity contribution in [2.24, 2.45) is 0 Å². The number of aryl methyl sites for hydroxylation is 1. The molecule has 1 aromatic rings. The standard InChI is InChI=1S/C18H29NOS/c1-13(2)21-18-10-9-15(11-14(18)3)17(20)12-19-16-7-5-4-6-8-16/h9-11,13,16-17,19-20H,4-8,12H2,1-3H3. The minimum absolute atomic E-state index is 0.399. The van der Waals surface area contributed by atoms with Gasteiger partial charge in [-0.1, -0.05) is 45.2 Å². The van der Waals surface area contributed by atoms with E-state index < -0.39 is 6.10 Å². The lowest BCUT2D eigenvalue weighted by Gasteiger charge is -2.24. The fourth-order valence-corrected chi connectivity index (χ4v) is 3.87. The minimum Gasteiger partial charge on any atom is -0.387 e. The average Bonchev–Trinajstić information content (AvgIpc) is 2.47. The van der Waals surface area contributed by atoms with Crippen LogP contribution in [0.1, 0.15) is 63.2 Å². The number of rotatable bonds is 6. The molecule has 0 aromatic heterocycles. The molecule has 1 fully saturated rings. The number of hydrogen-bond acceptors (Lipinski definition) is 3. The van der Waals surface area contributed by atoms with E-state index in [1.807, 2.05) is 11.8 Å². The predicted octanol–water partition coefficient (Wildman–Crippen LogP) is 4.45. The summed E-state index contributed by atoms with van der Waals surface area (Å²) in [4.78, 5) is 1.32. The maximum atomic E-state index is 10.4. The van der Waals surface area contributed by atoms with Gasteiger partial charge in [-0.25, -0.2) is 0 Å². The summed E-state index contributed by atoms with van der Waals surface area (Å²) in [6.45, 7) is 7.22. The van der Waals surface area contributed by atoms with Gasteiger partial charge in [0.25, 0.3) is 0 Å². The van der Waals surface area contributed by atoms with Crippen molar-refractivity contribution in [2.45, 2.75) is 75.2 Å². The van der Waals surface area contributed by atoms with Gasteiger partial charge in [0.2, 0.25) is 0 Å². The maximum absolute atomic E-state index is 10.4. The van der Waals surface area contributed by atoms with E-state index in [1.165, 1.54) is 42.6 Å². The summed E-state index contributed by atoms with van der Waals surface area (Å²) in [6, 6.07) is 6.97. The first kappa shape index (κ1) is 16.9. The number of thioether (sulfide) groups is 1. The molecule has 0 aliphatic heterocycles. The molecule has 2 N–H and O–H groups in total. The molecule has 1 unspecified atom stereocenters. The zero-order chi connectivity index (χ0) is 15.2. The number of hydrogen-bond donors (Lipinski definition) is 2. The van der Waals surface area contributed by atoms with Gasteiger partial charge >= 0.3 is 0 Å². The topological polar surface area (TPSA) is 32.3 Å². The van der Waals surface area contributed by atoms with E-state index in [0.29, 0.717) is 17.8 Å². The lowest BCUT2D eigenvalue weighted by molar-refractivity contribution is 0.165. The second-order valence-electron chi connectivity index (χ2n) is 6.45. The van der Waals surface area contributed by atoms with Crippen LogP contribution < -0.4 is 5.32 Å². The van der Waals surface area contributed by atoms with Gasteiger partial charge in [-0.05, 0) is 37.0 Å². The summed E-state index contributed by atoms with van der Waals surface area (Å²) in [5.41, 5.74) is 2.30. The molecule has 0 spiro atoms. The van der Waals surface area contributed by atoms with Crippen molar-refractivity contribution in [3.8, 4) is 0 Å². The van der Waals surface area contributed by atoms with Crippen LogP contribution in [0.2, 0.25) is 0 Å².